The molecule has 0 bridgehead atoms. The fourth-order valence-corrected chi connectivity index (χ4v) is 2.83. The fraction of sp³-hybridized carbons (Fsp3) is 0.381. The summed E-state index contributed by atoms with van der Waals surface area (Å²) in [5.41, 5.74) is -0.775. The van der Waals surface area contributed by atoms with Crippen molar-refractivity contribution >= 4 is 34.8 Å². The van der Waals surface area contributed by atoms with Gasteiger partial charge in [-0.15, -0.1) is 0 Å². The maximum Gasteiger partial charge on any atom is 0.416 e. The highest BCUT2D eigenvalue weighted by Gasteiger charge is 2.30. The van der Waals surface area contributed by atoms with Gasteiger partial charge in [0, 0.05) is 23.4 Å². The lowest BCUT2D eigenvalue weighted by Gasteiger charge is -2.10. The van der Waals surface area contributed by atoms with E-state index in [-0.39, 0.29) is 17.0 Å². The number of hydrogen-bond acceptors (Lipinski definition) is 4. The molecule has 0 spiro atoms. The SMILES string of the molecule is FC(F)(F)c1ccnc(OCCCCCCOc2cc(Cl)cc(OCC=C(Cl)Cl)c2)c1. The average molecular weight is 499 g/mol. The van der Waals surface area contributed by atoms with E-state index in [0.717, 1.165) is 37.6 Å². The van der Waals surface area contributed by atoms with Crippen LogP contribution in [0.15, 0.2) is 47.1 Å². The molecule has 0 unspecified atom stereocenters. The van der Waals surface area contributed by atoms with E-state index in [1.807, 2.05) is 0 Å². The summed E-state index contributed by atoms with van der Waals surface area (Å²) < 4.78 is 54.6. The molecule has 0 aliphatic heterocycles. The molecule has 0 aliphatic rings. The molecule has 1 aromatic carbocycles. The molecule has 1 heterocycles. The van der Waals surface area contributed by atoms with E-state index in [1.54, 1.807) is 18.2 Å². The van der Waals surface area contributed by atoms with Crippen LogP contribution >= 0.6 is 34.8 Å². The third-order valence-electron chi connectivity index (χ3n) is 3.95. The Morgan fingerprint density at radius 2 is 1.55 bits per heavy atom. The first-order chi connectivity index (χ1) is 14.7. The second-order valence-electron chi connectivity index (χ2n) is 6.42. The fourth-order valence-electron chi connectivity index (χ4n) is 2.49. The monoisotopic (exact) mass is 497 g/mol. The Kier molecular flexibility index (Phi) is 10.6. The number of nitrogens with zero attached hydrogens (tertiary/aromatic N) is 1. The molecule has 0 fully saturated rings. The van der Waals surface area contributed by atoms with Crippen molar-refractivity contribution < 1.29 is 27.4 Å². The maximum atomic E-state index is 12.7. The van der Waals surface area contributed by atoms with Gasteiger partial charge in [0.15, 0.2) is 0 Å². The van der Waals surface area contributed by atoms with Crippen molar-refractivity contribution in [3.05, 3.63) is 57.7 Å². The number of hydrogen-bond donors (Lipinski definition) is 0. The van der Waals surface area contributed by atoms with Crippen molar-refractivity contribution in [3.63, 3.8) is 0 Å². The first-order valence-electron chi connectivity index (χ1n) is 9.47. The highest BCUT2D eigenvalue weighted by molar-refractivity contribution is 6.55. The molecule has 0 saturated carbocycles. The van der Waals surface area contributed by atoms with E-state index >= 15 is 0 Å². The lowest BCUT2D eigenvalue weighted by Crippen LogP contribution is -2.06. The van der Waals surface area contributed by atoms with Gasteiger partial charge in [-0.2, -0.15) is 13.2 Å². The molecular weight excluding hydrogens is 478 g/mol. The van der Waals surface area contributed by atoms with E-state index in [1.165, 1.54) is 6.08 Å². The topological polar surface area (TPSA) is 40.6 Å². The smallest absolute Gasteiger partial charge is 0.416 e. The quantitative estimate of drug-likeness (QED) is 0.285. The molecule has 0 amide bonds. The van der Waals surface area contributed by atoms with Gasteiger partial charge in [0.1, 0.15) is 22.6 Å². The summed E-state index contributed by atoms with van der Waals surface area (Å²) in [4.78, 5) is 3.80. The van der Waals surface area contributed by atoms with Crippen molar-refractivity contribution in [2.45, 2.75) is 31.9 Å². The molecule has 31 heavy (non-hydrogen) atoms. The molecule has 0 aliphatic carbocycles. The van der Waals surface area contributed by atoms with E-state index in [2.05, 4.69) is 4.98 Å². The van der Waals surface area contributed by atoms with E-state index in [4.69, 9.17) is 49.0 Å². The summed E-state index contributed by atoms with van der Waals surface area (Å²) in [6, 6.07) is 6.88. The van der Waals surface area contributed by atoms with Crippen LogP contribution in [-0.4, -0.2) is 24.8 Å². The van der Waals surface area contributed by atoms with Crippen LogP contribution in [0.25, 0.3) is 0 Å². The standard InChI is InChI=1S/C21H21Cl3F3NO3/c22-16-12-17(14-18(13-16)30-10-6-19(23)24)29-8-3-1-2-4-9-31-20-11-15(5-7-28-20)21(25,26)27/h5-7,11-14H,1-4,8-10H2. The summed E-state index contributed by atoms with van der Waals surface area (Å²) in [6.45, 7) is 0.994. The zero-order valence-corrected chi connectivity index (χ0v) is 18.7. The maximum absolute atomic E-state index is 12.7. The Balaban J connectivity index is 1.62. The zero-order chi connectivity index (χ0) is 22.7. The molecular formula is C21H21Cl3F3NO3. The van der Waals surface area contributed by atoms with Crippen LogP contribution in [0, 0.1) is 0 Å². The normalized spacial score (nSPS) is 11.2. The van der Waals surface area contributed by atoms with Crippen LogP contribution in [0.3, 0.4) is 0 Å². The van der Waals surface area contributed by atoms with E-state index < -0.39 is 11.7 Å². The number of halogens is 6. The molecule has 170 valence electrons. The number of unbranched alkanes of at least 4 members (excludes halogenated alkanes) is 3. The number of rotatable bonds is 12. The molecule has 0 atom stereocenters. The first-order valence-corrected chi connectivity index (χ1v) is 10.6. The number of benzene rings is 1. The minimum Gasteiger partial charge on any atom is -0.493 e. The van der Waals surface area contributed by atoms with Crippen LogP contribution in [0.2, 0.25) is 5.02 Å². The van der Waals surface area contributed by atoms with Crippen LogP contribution in [-0.2, 0) is 6.18 Å². The summed E-state index contributed by atoms with van der Waals surface area (Å²) >= 11 is 17.1. The second kappa shape index (κ2) is 12.9. The van der Waals surface area contributed by atoms with Gasteiger partial charge in [-0.1, -0.05) is 34.8 Å². The Bertz CT molecular complexity index is 859. The molecule has 0 saturated heterocycles. The van der Waals surface area contributed by atoms with Gasteiger partial charge in [0.25, 0.3) is 0 Å². The molecule has 10 heteroatoms. The summed E-state index contributed by atoms with van der Waals surface area (Å²) in [5.74, 6) is 1.09. The summed E-state index contributed by atoms with van der Waals surface area (Å²) in [6.07, 6.45) is 1.41. The number of alkyl halides is 3. The molecule has 0 radical (unpaired) electrons. The van der Waals surface area contributed by atoms with E-state index in [9.17, 15) is 13.2 Å². The number of ether oxygens (including phenoxy) is 3. The average Bonchev–Trinajstić information content (AvgIpc) is 2.69. The predicted molar refractivity (Wildman–Crippen MR) is 115 cm³/mol. The Morgan fingerprint density at radius 1 is 0.903 bits per heavy atom. The highest BCUT2D eigenvalue weighted by atomic mass is 35.5. The number of aromatic nitrogens is 1. The molecule has 4 nitrogen and oxygen atoms in total. The largest absolute Gasteiger partial charge is 0.493 e. The van der Waals surface area contributed by atoms with Gasteiger partial charge in [0.05, 0.1) is 18.8 Å². The van der Waals surface area contributed by atoms with E-state index in [0.29, 0.717) is 36.2 Å². The van der Waals surface area contributed by atoms with Crippen LogP contribution in [0.5, 0.6) is 17.4 Å². The lowest BCUT2D eigenvalue weighted by atomic mass is 10.2. The molecule has 0 N–H and O–H groups in total. The van der Waals surface area contributed by atoms with Gasteiger partial charge < -0.3 is 14.2 Å². The van der Waals surface area contributed by atoms with Gasteiger partial charge >= 0.3 is 6.18 Å². The molecule has 2 rings (SSSR count). The van der Waals surface area contributed by atoms with Gasteiger partial charge in [-0.3, -0.25) is 0 Å². The van der Waals surface area contributed by atoms with Crippen molar-refractivity contribution in [1.82, 2.24) is 4.98 Å². The Morgan fingerprint density at radius 3 is 2.19 bits per heavy atom. The van der Waals surface area contributed by atoms with Gasteiger partial charge in [0.2, 0.25) is 5.88 Å². The second-order valence-corrected chi connectivity index (χ2v) is 7.86. The first kappa shape index (κ1) is 25.4. The van der Waals surface area contributed by atoms with Crippen molar-refractivity contribution in [2.75, 3.05) is 19.8 Å². The Labute approximate surface area is 193 Å². The predicted octanol–water partition coefficient (Wildman–Crippen LogP) is 7.47. The van der Waals surface area contributed by atoms with Gasteiger partial charge in [-0.25, -0.2) is 4.98 Å². The molecule has 1 aromatic heterocycles. The van der Waals surface area contributed by atoms with Crippen LogP contribution < -0.4 is 14.2 Å². The minimum absolute atomic E-state index is 0.0269. The van der Waals surface area contributed by atoms with Crippen molar-refractivity contribution in [2.24, 2.45) is 0 Å². The third-order valence-corrected chi connectivity index (χ3v) is 4.48. The third kappa shape index (κ3) is 10.4. The van der Waals surface area contributed by atoms with Crippen LogP contribution in [0.4, 0.5) is 13.2 Å². The minimum atomic E-state index is -4.41. The molecule has 2 aromatic rings. The lowest BCUT2D eigenvalue weighted by molar-refractivity contribution is -0.137. The summed E-state index contributed by atoms with van der Waals surface area (Å²) in [7, 11) is 0. The van der Waals surface area contributed by atoms with Crippen molar-refractivity contribution in [3.8, 4) is 17.4 Å². The van der Waals surface area contributed by atoms with Crippen molar-refractivity contribution in [1.29, 1.82) is 0 Å². The zero-order valence-electron chi connectivity index (χ0n) is 16.4. The van der Waals surface area contributed by atoms with Crippen LogP contribution in [0.1, 0.15) is 31.2 Å². The number of pyridine rings is 1. The Hall–Kier alpha value is -1.83. The van der Waals surface area contributed by atoms with Gasteiger partial charge in [-0.05, 0) is 50.0 Å². The summed E-state index contributed by atoms with van der Waals surface area (Å²) in [5, 5.41) is 0.480. The highest BCUT2D eigenvalue weighted by Crippen LogP contribution is 2.30.